The van der Waals surface area contributed by atoms with Crippen LogP contribution in [-0.2, 0) is 6.54 Å². The van der Waals surface area contributed by atoms with E-state index in [0.29, 0.717) is 5.92 Å². The van der Waals surface area contributed by atoms with E-state index < -0.39 is 8.07 Å². The first-order chi connectivity index (χ1) is 27.2. The van der Waals surface area contributed by atoms with E-state index in [1.165, 1.54) is 127 Å². The summed E-state index contributed by atoms with van der Waals surface area (Å²) in [6.07, 6.45) is 15.4. The molecule has 3 atom stereocenters. The third kappa shape index (κ3) is 8.32. The Kier molecular flexibility index (Phi) is 14.1. The molecule has 0 saturated heterocycles. The second kappa shape index (κ2) is 18.6. The Balaban J connectivity index is 1.28. The van der Waals surface area contributed by atoms with Crippen LogP contribution < -0.4 is 10.4 Å². The maximum Gasteiger partial charge on any atom is 0.256 e. The van der Waals surface area contributed by atoms with E-state index in [4.69, 9.17) is 0 Å². The van der Waals surface area contributed by atoms with Gasteiger partial charge in [0.2, 0.25) is 0 Å². The van der Waals surface area contributed by atoms with Crippen molar-refractivity contribution in [2.75, 3.05) is 6.54 Å². The van der Waals surface area contributed by atoms with Crippen LogP contribution in [-0.4, -0.2) is 25.4 Å². The Morgan fingerprint density at radius 1 is 0.589 bits per heavy atom. The van der Waals surface area contributed by atoms with E-state index in [-0.39, 0.29) is 5.91 Å². The zero-order valence-corrected chi connectivity index (χ0v) is 40.5. The molecule has 2 aliphatic rings. The van der Waals surface area contributed by atoms with Crippen molar-refractivity contribution >= 4 is 81.0 Å². The molecule has 0 spiro atoms. The van der Waals surface area contributed by atoms with Crippen molar-refractivity contribution in [3.63, 3.8) is 0 Å². The fraction of sp³-hybridized carbons (Fsp3) is 0.562. The molecule has 1 amide bonds. The Bertz CT molecular complexity index is 2070. The van der Waals surface area contributed by atoms with Gasteiger partial charge in [0.25, 0.3) is 5.91 Å². The minimum atomic E-state index is -2.00. The maximum atomic E-state index is 14.4. The van der Waals surface area contributed by atoms with Gasteiger partial charge >= 0.3 is 0 Å². The van der Waals surface area contributed by atoms with Gasteiger partial charge in [0.1, 0.15) is 8.07 Å². The summed E-state index contributed by atoms with van der Waals surface area (Å²) in [4.78, 5) is 30.6. The Morgan fingerprint density at radius 2 is 1.16 bits per heavy atom. The van der Waals surface area contributed by atoms with E-state index in [1.54, 1.807) is 20.1 Å². The number of aryl methyl sites for hydroxylation is 2. The van der Waals surface area contributed by atoms with Crippen LogP contribution in [0.15, 0.2) is 36.4 Å². The van der Waals surface area contributed by atoms with Gasteiger partial charge in [0.05, 0.1) is 15.3 Å². The van der Waals surface area contributed by atoms with E-state index in [0.717, 1.165) is 36.9 Å². The molecule has 0 aromatic carbocycles. The monoisotopic (exact) mass is 859 g/mol. The lowest BCUT2D eigenvalue weighted by molar-refractivity contribution is 0.0747. The van der Waals surface area contributed by atoms with E-state index in [1.807, 2.05) is 34.0 Å². The van der Waals surface area contributed by atoms with Gasteiger partial charge in [-0.1, -0.05) is 112 Å². The van der Waals surface area contributed by atoms with E-state index in [2.05, 4.69) is 119 Å². The molecule has 302 valence electrons. The van der Waals surface area contributed by atoms with Gasteiger partial charge in [-0.25, -0.2) is 0 Å². The Labute approximate surface area is 359 Å². The quantitative estimate of drug-likeness (QED) is 0.0673. The minimum Gasteiger partial charge on any atom is -0.334 e. The van der Waals surface area contributed by atoms with Crippen LogP contribution in [0.4, 0.5) is 0 Å². The molecule has 0 fully saturated rings. The number of rotatable bonds is 21. The highest BCUT2D eigenvalue weighted by Gasteiger charge is 2.50. The molecule has 7 rings (SSSR count). The lowest BCUT2D eigenvalue weighted by atomic mass is 9.99. The summed E-state index contributed by atoms with van der Waals surface area (Å²) in [5, 5.41) is 3.56. The van der Waals surface area contributed by atoms with Gasteiger partial charge in [-0.05, 0) is 96.9 Å². The van der Waals surface area contributed by atoms with Crippen molar-refractivity contribution in [2.45, 2.75) is 151 Å². The number of fused-ring (bicyclic) bond motifs is 4. The van der Waals surface area contributed by atoms with Crippen LogP contribution in [0.2, 0.25) is 12.1 Å². The number of amides is 1. The first-order valence-electron chi connectivity index (χ1n) is 22.1. The molecular weight excluding hydrogens is 795 g/mol. The van der Waals surface area contributed by atoms with Crippen LogP contribution in [0.3, 0.4) is 0 Å². The number of nitrogens with zero attached hydrogens (tertiary/aromatic N) is 1. The standard InChI is InChI=1S/C48H65NOS5Si/c1-9-15-18-33(12-4)27-49-28-36-43(48(49)50)45(55-44(36)38-22-21-31(7)51-38)39-24-23-37(53-39)40-26-42-47(54-40)46-41(25-32(8)52-46)56(42,29-34(13-5)19-16-10-2)30-35(14-6)20-17-11-3/h21-26,33-35H,9-20,27-30H2,1-8H3. The lowest BCUT2D eigenvalue weighted by Crippen LogP contribution is -2.56. The minimum absolute atomic E-state index is 0.254. The predicted octanol–water partition coefficient (Wildman–Crippen LogP) is 15.8. The molecule has 0 aliphatic carbocycles. The summed E-state index contributed by atoms with van der Waals surface area (Å²) in [7, 11) is -2.00. The van der Waals surface area contributed by atoms with Gasteiger partial charge in [0, 0.05) is 57.7 Å². The van der Waals surface area contributed by atoms with Crippen molar-refractivity contribution in [1.29, 1.82) is 0 Å². The summed E-state index contributed by atoms with van der Waals surface area (Å²) in [6.45, 7) is 20.4. The van der Waals surface area contributed by atoms with Crippen LogP contribution >= 0.6 is 56.7 Å². The summed E-state index contributed by atoms with van der Waals surface area (Å²) in [5.41, 5.74) is 2.26. The fourth-order valence-corrected chi connectivity index (χ4v) is 23.6. The first-order valence-corrected chi connectivity index (χ1v) is 28.6. The first kappa shape index (κ1) is 42.3. The van der Waals surface area contributed by atoms with Gasteiger partial charge in [-0.2, -0.15) is 0 Å². The average Bonchev–Trinajstić information content (AvgIpc) is 4.06. The third-order valence-electron chi connectivity index (χ3n) is 13.1. The molecule has 0 N–H and O–H groups in total. The van der Waals surface area contributed by atoms with Crippen molar-refractivity contribution in [3.05, 3.63) is 57.3 Å². The van der Waals surface area contributed by atoms with Crippen LogP contribution in [0.25, 0.3) is 39.0 Å². The molecule has 2 nitrogen and oxygen atoms in total. The number of carbonyl (C=O) groups is 1. The molecule has 0 radical (unpaired) electrons. The van der Waals surface area contributed by atoms with Gasteiger partial charge < -0.3 is 4.90 Å². The smallest absolute Gasteiger partial charge is 0.256 e. The number of thiophene rings is 5. The van der Waals surface area contributed by atoms with E-state index >= 15 is 0 Å². The van der Waals surface area contributed by atoms with Gasteiger partial charge in [-0.15, -0.1) is 56.7 Å². The maximum absolute atomic E-state index is 14.4. The molecule has 56 heavy (non-hydrogen) atoms. The zero-order chi connectivity index (χ0) is 39.6. The predicted molar refractivity (Wildman–Crippen MR) is 256 cm³/mol. The number of hydrogen-bond donors (Lipinski definition) is 0. The summed E-state index contributed by atoms with van der Waals surface area (Å²) in [5.74, 6) is 2.43. The Hall–Kier alpha value is -1.81. The molecule has 8 heteroatoms. The zero-order valence-electron chi connectivity index (χ0n) is 35.4. The van der Waals surface area contributed by atoms with Crippen LogP contribution in [0, 0.1) is 31.6 Å². The number of unbranched alkanes of at least 4 members (excludes halogenated alkanes) is 3. The summed E-state index contributed by atoms with van der Waals surface area (Å²) < 4.78 is 0. The fourth-order valence-electron chi connectivity index (χ4n) is 9.78. The largest absolute Gasteiger partial charge is 0.334 e. The topological polar surface area (TPSA) is 20.3 Å². The second-order valence-corrected chi connectivity index (χ2v) is 26.8. The third-order valence-corrected chi connectivity index (χ3v) is 25.1. The van der Waals surface area contributed by atoms with Crippen molar-refractivity contribution in [2.24, 2.45) is 17.8 Å². The van der Waals surface area contributed by atoms with Crippen molar-refractivity contribution < 1.29 is 4.79 Å². The normalized spacial score (nSPS) is 17.8. The SMILES string of the molecule is CCCCC(CC)CN1Cc2c(-c3ccc(C)s3)sc(-c3ccc(-c4cc5c(s4)-c4sc(C)cc4[Si]5(CC(CC)CCCC)CC(CC)CCCC)s3)c2C1=O. The number of carbonyl (C=O) groups excluding carboxylic acids is 1. The molecule has 3 unspecified atom stereocenters. The van der Waals surface area contributed by atoms with E-state index in [9.17, 15) is 4.79 Å². The summed E-state index contributed by atoms with van der Waals surface area (Å²) in [6, 6.07) is 17.4. The van der Waals surface area contributed by atoms with Crippen LogP contribution in [0.1, 0.15) is 144 Å². The average molecular weight is 860 g/mol. The van der Waals surface area contributed by atoms with Gasteiger partial charge in [-0.3, -0.25) is 4.79 Å². The van der Waals surface area contributed by atoms with Crippen molar-refractivity contribution in [1.82, 2.24) is 4.90 Å². The highest BCUT2D eigenvalue weighted by Crippen LogP contribution is 2.52. The van der Waals surface area contributed by atoms with Crippen molar-refractivity contribution in [3.8, 4) is 39.0 Å². The molecule has 2 aliphatic heterocycles. The summed E-state index contributed by atoms with van der Waals surface area (Å²) >= 11 is 9.82. The molecular formula is C48H65NOS5Si. The molecule has 7 heterocycles. The number of hydrogen-bond acceptors (Lipinski definition) is 6. The van der Waals surface area contributed by atoms with Gasteiger partial charge in [0.15, 0.2) is 0 Å². The second-order valence-electron chi connectivity index (χ2n) is 17.1. The highest BCUT2D eigenvalue weighted by atomic mass is 32.1. The molecule has 0 saturated carbocycles. The molecule has 5 aromatic heterocycles. The molecule has 0 bridgehead atoms. The Morgan fingerprint density at radius 3 is 1.77 bits per heavy atom. The highest BCUT2D eigenvalue weighted by molar-refractivity contribution is 7.33. The molecule has 5 aromatic rings. The lowest BCUT2D eigenvalue weighted by Gasteiger charge is -2.35. The van der Waals surface area contributed by atoms with Crippen LogP contribution in [0.5, 0.6) is 0 Å².